The van der Waals surface area contributed by atoms with E-state index in [9.17, 15) is 5.11 Å². The Morgan fingerprint density at radius 3 is 2.23 bits per heavy atom. The number of hydrogen-bond acceptors (Lipinski definition) is 4. The fraction of sp³-hybridized carbons (Fsp3) is 0.333. The minimum absolute atomic E-state index is 0.245. The lowest BCUT2D eigenvalue weighted by Crippen LogP contribution is -2.31. The zero-order valence-corrected chi connectivity index (χ0v) is 7.22. The lowest BCUT2D eigenvalue weighted by molar-refractivity contribution is 0.109. The summed E-state index contributed by atoms with van der Waals surface area (Å²) < 4.78 is 0. The van der Waals surface area contributed by atoms with E-state index in [1.54, 1.807) is 24.3 Å². The second-order valence-electron chi connectivity index (χ2n) is 2.96. The monoisotopic (exact) mass is 182 g/mol. The molecule has 0 amide bonds. The van der Waals surface area contributed by atoms with Gasteiger partial charge in [0.15, 0.2) is 0 Å². The Kier molecular flexibility index (Phi) is 3.25. The second-order valence-corrected chi connectivity index (χ2v) is 2.96. The quantitative estimate of drug-likeness (QED) is 0.479. The minimum Gasteiger partial charge on any atom is -0.399 e. The highest BCUT2D eigenvalue weighted by atomic mass is 16.3. The van der Waals surface area contributed by atoms with Crippen molar-refractivity contribution in [2.75, 3.05) is 12.3 Å². The van der Waals surface area contributed by atoms with Crippen molar-refractivity contribution >= 4 is 5.69 Å². The van der Waals surface area contributed by atoms with Gasteiger partial charge in [-0.1, -0.05) is 12.1 Å². The van der Waals surface area contributed by atoms with Crippen LogP contribution in [0.3, 0.4) is 0 Å². The lowest BCUT2D eigenvalue weighted by Gasteiger charge is -2.16. The van der Waals surface area contributed by atoms with Gasteiger partial charge in [0.05, 0.1) is 18.8 Å². The van der Waals surface area contributed by atoms with Gasteiger partial charge >= 0.3 is 0 Å². The molecular formula is C9H14N2O2. The third-order valence-corrected chi connectivity index (χ3v) is 1.89. The number of nitrogens with two attached hydrogens (primary N) is 2. The molecule has 0 aromatic heterocycles. The van der Waals surface area contributed by atoms with Crippen LogP contribution in [-0.2, 0) is 0 Å². The third kappa shape index (κ3) is 2.42. The molecule has 1 aromatic carbocycles. The molecule has 0 heterocycles. The fourth-order valence-corrected chi connectivity index (χ4v) is 1.04. The van der Waals surface area contributed by atoms with Gasteiger partial charge in [-0.25, -0.2) is 0 Å². The average molecular weight is 182 g/mol. The summed E-state index contributed by atoms with van der Waals surface area (Å²) in [4.78, 5) is 0. The van der Waals surface area contributed by atoms with Crippen molar-refractivity contribution in [2.24, 2.45) is 5.73 Å². The van der Waals surface area contributed by atoms with Crippen molar-refractivity contribution in [2.45, 2.75) is 12.1 Å². The van der Waals surface area contributed by atoms with E-state index in [0.717, 1.165) is 0 Å². The number of nitrogen functional groups attached to an aromatic ring is 1. The van der Waals surface area contributed by atoms with Crippen LogP contribution in [0.5, 0.6) is 0 Å². The van der Waals surface area contributed by atoms with Crippen LogP contribution in [0.2, 0.25) is 0 Å². The van der Waals surface area contributed by atoms with E-state index >= 15 is 0 Å². The van der Waals surface area contributed by atoms with Gasteiger partial charge in [0, 0.05) is 5.69 Å². The summed E-state index contributed by atoms with van der Waals surface area (Å²) >= 11 is 0. The van der Waals surface area contributed by atoms with Gasteiger partial charge in [0.2, 0.25) is 0 Å². The molecule has 4 heteroatoms. The Morgan fingerprint density at radius 2 is 1.77 bits per heavy atom. The predicted molar refractivity (Wildman–Crippen MR) is 50.9 cm³/mol. The third-order valence-electron chi connectivity index (χ3n) is 1.89. The molecule has 1 aromatic rings. The van der Waals surface area contributed by atoms with Crippen molar-refractivity contribution in [1.29, 1.82) is 0 Å². The predicted octanol–water partition coefficient (Wildman–Crippen LogP) is -0.378. The maximum absolute atomic E-state index is 9.55. The Balaban J connectivity index is 2.77. The van der Waals surface area contributed by atoms with E-state index in [4.69, 9.17) is 16.6 Å². The lowest BCUT2D eigenvalue weighted by atomic mass is 10.0. The molecule has 0 radical (unpaired) electrons. The molecule has 0 saturated heterocycles. The van der Waals surface area contributed by atoms with E-state index in [1.807, 2.05) is 0 Å². The topological polar surface area (TPSA) is 92.5 Å². The number of rotatable bonds is 3. The molecule has 1 rings (SSSR count). The fourth-order valence-electron chi connectivity index (χ4n) is 1.04. The molecule has 0 unspecified atom stereocenters. The van der Waals surface area contributed by atoms with E-state index in [0.29, 0.717) is 11.3 Å². The van der Waals surface area contributed by atoms with Crippen molar-refractivity contribution in [3.8, 4) is 0 Å². The summed E-state index contributed by atoms with van der Waals surface area (Å²) in [5.41, 5.74) is 12.2. The van der Waals surface area contributed by atoms with Gasteiger partial charge in [-0.15, -0.1) is 0 Å². The summed E-state index contributed by atoms with van der Waals surface area (Å²) in [6.07, 6.45) is -0.842. The van der Waals surface area contributed by atoms with Gasteiger partial charge in [0.25, 0.3) is 0 Å². The zero-order chi connectivity index (χ0) is 9.84. The van der Waals surface area contributed by atoms with Crippen LogP contribution in [0.15, 0.2) is 24.3 Å². The van der Waals surface area contributed by atoms with Crippen molar-refractivity contribution in [1.82, 2.24) is 0 Å². The van der Waals surface area contributed by atoms with Gasteiger partial charge in [-0.05, 0) is 17.7 Å². The van der Waals surface area contributed by atoms with Crippen LogP contribution >= 0.6 is 0 Å². The standard InChI is InChI=1S/C9H14N2O2/c10-7-3-1-6(2-4-7)9(13)8(11)5-12/h1-4,8-9,12-13H,5,10-11H2/t8-,9-/m1/s1. The van der Waals surface area contributed by atoms with Crippen molar-refractivity contribution < 1.29 is 10.2 Å². The van der Waals surface area contributed by atoms with Gasteiger partial charge < -0.3 is 21.7 Å². The van der Waals surface area contributed by atoms with Crippen LogP contribution in [-0.4, -0.2) is 22.9 Å². The largest absolute Gasteiger partial charge is 0.399 e. The number of aliphatic hydroxyl groups excluding tert-OH is 2. The van der Waals surface area contributed by atoms with E-state index in [2.05, 4.69) is 0 Å². The van der Waals surface area contributed by atoms with E-state index < -0.39 is 12.1 Å². The van der Waals surface area contributed by atoms with Crippen LogP contribution in [0.25, 0.3) is 0 Å². The van der Waals surface area contributed by atoms with Crippen molar-refractivity contribution in [3.63, 3.8) is 0 Å². The molecule has 0 aliphatic heterocycles. The summed E-state index contributed by atoms with van der Waals surface area (Å²) in [5, 5.41) is 18.3. The van der Waals surface area contributed by atoms with E-state index in [-0.39, 0.29) is 6.61 Å². The molecule has 13 heavy (non-hydrogen) atoms. The Hall–Kier alpha value is -1.10. The number of hydrogen-bond donors (Lipinski definition) is 4. The van der Waals surface area contributed by atoms with Crippen LogP contribution in [0.4, 0.5) is 5.69 Å². The van der Waals surface area contributed by atoms with Gasteiger partial charge in [-0.3, -0.25) is 0 Å². The first-order chi connectivity index (χ1) is 6.15. The molecule has 4 nitrogen and oxygen atoms in total. The maximum atomic E-state index is 9.55. The molecular weight excluding hydrogens is 168 g/mol. The molecule has 0 bridgehead atoms. The smallest absolute Gasteiger partial charge is 0.0963 e. The second kappa shape index (κ2) is 4.23. The van der Waals surface area contributed by atoms with Gasteiger partial charge in [0.1, 0.15) is 0 Å². The molecule has 0 aliphatic carbocycles. The molecule has 2 atom stereocenters. The Morgan fingerprint density at radius 1 is 1.23 bits per heavy atom. The van der Waals surface area contributed by atoms with Crippen molar-refractivity contribution in [3.05, 3.63) is 29.8 Å². The summed E-state index contributed by atoms with van der Waals surface area (Å²) in [7, 11) is 0. The minimum atomic E-state index is -0.842. The Labute approximate surface area is 76.8 Å². The van der Waals surface area contributed by atoms with Crippen LogP contribution in [0.1, 0.15) is 11.7 Å². The molecule has 0 aliphatic rings. The highest BCUT2D eigenvalue weighted by Gasteiger charge is 2.15. The summed E-state index contributed by atoms with van der Waals surface area (Å²) in [5.74, 6) is 0. The van der Waals surface area contributed by atoms with Crippen LogP contribution < -0.4 is 11.5 Å². The number of benzene rings is 1. The first kappa shape index (κ1) is 9.98. The van der Waals surface area contributed by atoms with Crippen LogP contribution in [0, 0.1) is 0 Å². The first-order valence-corrected chi connectivity index (χ1v) is 4.05. The molecule has 0 spiro atoms. The molecule has 6 N–H and O–H groups in total. The number of anilines is 1. The Bertz CT molecular complexity index is 261. The maximum Gasteiger partial charge on any atom is 0.0963 e. The SMILES string of the molecule is Nc1ccc([C@@H](O)[C@H](N)CO)cc1. The highest BCUT2D eigenvalue weighted by molar-refractivity contribution is 5.40. The molecule has 0 saturated carbocycles. The zero-order valence-electron chi connectivity index (χ0n) is 7.22. The normalized spacial score (nSPS) is 15.3. The molecule has 0 fully saturated rings. The molecule has 72 valence electrons. The van der Waals surface area contributed by atoms with Gasteiger partial charge in [-0.2, -0.15) is 0 Å². The van der Waals surface area contributed by atoms with E-state index in [1.165, 1.54) is 0 Å². The highest BCUT2D eigenvalue weighted by Crippen LogP contribution is 2.16. The number of aliphatic hydroxyl groups is 2. The summed E-state index contributed by atoms with van der Waals surface area (Å²) in [6.45, 7) is -0.245. The summed E-state index contributed by atoms with van der Waals surface area (Å²) in [6, 6.07) is 6.10. The first-order valence-electron chi connectivity index (χ1n) is 4.05. The average Bonchev–Trinajstić information content (AvgIpc) is 2.17.